The molecule has 0 fully saturated rings. The Morgan fingerprint density at radius 3 is 3.06 bits per heavy atom. The van der Waals surface area contributed by atoms with Gasteiger partial charge in [0, 0.05) is 22.0 Å². The second-order valence-corrected chi connectivity index (χ2v) is 3.70. The summed E-state index contributed by atoms with van der Waals surface area (Å²) >= 11 is 0. The number of carbonyl (C=O) groups is 1. The van der Waals surface area contributed by atoms with E-state index in [0.29, 0.717) is 6.42 Å². The molecule has 0 aliphatic rings. The topological polar surface area (TPSA) is 108 Å². The number of benzene rings is 1. The number of H-pyrrole nitrogens is 1. The maximum absolute atomic E-state index is 11.2. The van der Waals surface area contributed by atoms with Crippen LogP contribution in [-0.4, -0.2) is 16.9 Å². The average molecular weight is 229 g/mol. The van der Waals surface area contributed by atoms with Crippen LogP contribution in [-0.2, 0) is 11.2 Å². The van der Waals surface area contributed by atoms with Gasteiger partial charge in [-0.15, -0.1) is 0 Å². The zero-order valence-corrected chi connectivity index (χ0v) is 9.00. The van der Waals surface area contributed by atoms with E-state index >= 15 is 0 Å². The van der Waals surface area contributed by atoms with Crippen LogP contribution in [0, 0.1) is 0 Å². The molecule has 1 amide bonds. The Morgan fingerprint density at radius 1 is 1.53 bits per heavy atom. The van der Waals surface area contributed by atoms with Crippen molar-refractivity contribution in [2.45, 2.75) is 12.5 Å². The van der Waals surface area contributed by atoms with Crippen LogP contribution in [0.1, 0.15) is 5.56 Å². The minimum atomic E-state index is -0.801. The van der Waals surface area contributed by atoms with Crippen molar-refractivity contribution in [1.82, 2.24) is 4.98 Å². The number of nitrogens with two attached hydrogens (primary N) is 1. The summed E-state index contributed by atoms with van der Waals surface area (Å²) in [5, 5.41) is 4.02. The van der Waals surface area contributed by atoms with Gasteiger partial charge >= 0.3 is 0 Å². The number of hydrogen-bond acceptors (Lipinski definition) is 2. The standard InChI is InChI=1S/C11H11N5O/c12-9(11(17)15-16-13)5-7-6-14-10-4-2-1-3-8(7)10/h1-4,6,9,14H,5,12H2/t9-/m0/s1. The number of nitrogens with zero attached hydrogens (tertiary/aromatic N) is 3. The molecule has 3 N–H and O–H groups in total. The molecule has 2 aromatic rings. The first kappa shape index (κ1) is 11.2. The molecule has 0 unspecified atom stereocenters. The molecule has 1 aromatic heterocycles. The van der Waals surface area contributed by atoms with E-state index in [1.165, 1.54) is 0 Å². The van der Waals surface area contributed by atoms with Crippen LogP contribution in [0.5, 0.6) is 0 Å². The van der Waals surface area contributed by atoms with Gasteiger partial charge in [0.05, 0.1) is 6.04 Å². The van der Waals surface area contributed by atoms with Gasteiger partial charge < -0.3 is 10.7 Å². The number of carbonyl (C=O) groups excluding carboxylic acids is 1. The molecule has 6 heteroatoms. The molecule has 1 atom stereocenters. The number of nitrogens with one attached hydrogen (secondary N) is 1. The van der Waals surface area contributed by atoms with Gasteiger partial charge in [0.25, 0.3) is 0 Å². The van der Waals surface area contributed by atoms with Crippen molar-refractivity contribution in [1.29, 1.82) is 0 Å². The van der Waals surface area contributed by atoms with Gasteiger partial charge in [0.2, 0.25) is 5.91 Å². The first-order valence-corrected chi connectivity index (χ1v) is 5.12. The summed E-state index contributed by atoms with van der Waals surface area (Å²) in [7, 11) is 0. The summed E-state index contributed by atoms with van der Waals surface area (Å²) < 4.78 is 0. The van der Waals surface area contributed by atoms with Crippen LogP contribution >= 0.6 is 0 Å². The van der Waals surface area contributed by atoms with Crippen molar-refractivity contribution < 1.29 is 4.79 Å². The van der Waals surface area contributed by atoms with Crippen LogP contribution in [0.2, 0.25) is 0 Å². The maximum atomic E-state index is 11.2. The Morgan fingerprint density at radius 2 is 2.29 bits per heavy atom. The van der Waals surface area contributed by atoms with Gasteiger partial charge in [0.1, 0.15) is 0 Å². The number of aromatic amines is 1. The normalized spacial score (nSPS) is 12.1. The van der Waals surface area contributed by atoms with E-state index in [4.69, 9.17) is 11.3 Å². The molecule has 0 saturated heterocycles. The molecular formula is C11H11N5O. The zero-order chi connectivity index (χ0) is 12.3. The summed E-state index contributed by atoms with van der Waals surface area (Å²) in [5.74, 6) is -0.641. The van der Waals surface area contributed by atoms with Gasteiger partial charge in [-0.05, 0) is 28.7 Å². The van der Waals surface area contributed by atoms with Gasteiger partial charge in [0.15, 0.2) is 0 Å². The molecule has 2 rings (SSSR count). The molecule has 17 heavy (non-hydrogen) atoms. The number of hydrogen-bond donors (Lipinski definition) is 2. The first-order valence-electron chi connectivity index (χ1n) is 5.12. The minimum absolute atomic E-state index is 0.349. The fourth-order valence-electron chi connectivity index (χ4n) is 1.74. The highest BCUT2D eigenvalue weighted by Gasteiger charge is 2.14. The molecule has 0 aliphatic heterocycles. The lowest BCUT2D eigenvalue weighted by atomic mass is 10.1. The first-order chi connectivity index (χ1) is 8.22. The average Bonchev–Trinajstić information content (AvgIpc) is 2.73. The van der Waals surface area contributed by atoms with Crippen molar-refractivity contribution in [3.8, 4) is 0 Å². The highest BCUT2D eigenvalue weighted by molar-refractivity contribution is 5.86. The second-order valence-electron chi connectivity index (χ2n) is 3.70. The van der Waals surface area contributed by atoms with Crippen molar-refractivity contribution >= 4 is 16.8 Å². The summed E-state index contributed by atoms with van der Waals surface area (Å²) in [4.78, 5) is 16.8. The largest absolute Gasteiger partial charge is 0.361 e. The molecule has 0 spiro atoms. The van der Waals surface area contributed by atoms with E-state index < -0.39 is 11.9 Å². The van der Waals surface area contributed by atoms with Gasteiger partial charge in [-0.25, -0.2) is 0 Å². The van der Waals surface area contributed by atoms with E-state index in [1.54, 1.807) is 0 Å². The Kier molecular flexibility index (Phi) is 3.09. The van der Waals surface area contributed by atoms with E-state index in [0.717, 1.165) is 16.5 Å². The number of aromatic nitrogens is 1. The predicted octanol–water partition coefficient (Wildman–Crippen LogP) is 1.87. The Hall–Kier alpha value is -2.30. The number of azide groups is 1. The lowest BCUT2D eigenvalue weighted by Gasteiger charge is -2.05. The molecule has 0 bridgehead atoms. The monoisotopic (exact) mass is 229 g/mol. The molecule has 6 nitrogen and oxygen atoms in total. The van der Waals surface area contributed by atoms with Crippen molar-refractivity contribution in [2.75, 3.05) is 0 Å². The molecule has 1 heterocycles. The lowest BCUT2D eigenvalue weighted by Crippen LogP contribution is -2.30. The summed E-state index contributed by atoms with van der Waals surface area (Å²) in [5.41, 5.74) is 15.7. The lowest BCUT2D eigenvalue weighted by molar-refractivity contribution is -0.119. The fraction of sp³-hybridized carbons (Fsp3) is 0.182. The van der Waals surface area contributed by atoms with Crippen molar-refractivity contribution in [3.63, 3.8) is 0 Å². The second kappa shape index (κ2) is 4.69. The number of para-hydroxylation sites is 1. The highest BCUT2D eigenvalue weighted by Crippen LogP contribution is 2.18. The van der Waals surface area contributed by atoms with E-state index in [2.05, 4.69) is 15.0 Å². The third kappa shape index (κ3) is 2.28. The molecule has 0 aliphatic carbocycles. The number of amides is 1. The maximum Gasteiger partial charge on any atom is 0.235 e. The van der Waals surface area contributed by atoms with E-state index in [9.17, 15) is 4.79 Å². The third-order valence-corrected chi connectivity index (χ3v) is 2.58. The molecule has 0 radical (unpaired) electrons. The Balaban J connectivity index is 2.24. The van der Waals surface area contributed by atoms with Gasteiger partial charge in [-0.2, -0.15) is 0 Å². The number of rotatable bonds is 3. The number of fused-ring (bicyclic) bond motifs is 1. The predicted molar refractivity (Wildman–Crippen MR) is 64.1 cm³/mol. The quantitative estimate of drug-likeness (QED) is 0.476. The minimum Gasteiger partial charge on any atom is -0.361 e. The Bertz CT molecular complexity index is 597. The van der Waals surface area contributed by atoms with Crippen molar-refractivity contribution in [3.05, 3.63) is 46.5 Å². The highest BCUT2D eigenvalue weighted by atomic mass is 16.2. The van der Waals surface area contributed by atoms with E-state index in [-0.39, 0.29) is 0 Å². The van der Waals surface area contributed by atoms with Crippen LogP contribution in [0.4, 0.5) is 0 Å². The van der Waals surface area contributed by atoms with Crippen LogP contribution < -0.4 is 5.73 Å². The summed E-state index contributed by atoms with van der Waals surface area (Å²) in [6, 6.07) is 6.93. The molecule has 86 valence electrons. The SMILES string of the molecule is [N-]=[N+]=NC(=O)[C@@H](N)Cc1c[nH]c2ccccc12. The van der Waals surface area contributed by atoms with Crippen LogP contribution in [0.25, 0.3) is 21.3 Å². The van der Waals surface area contributed by atoms with E-state index in [1.807, 2.05) is 30.5 Å². The smallest absolute Gasteiger partial charge is 0.235 e. The zero-order valence-electron chi connectivity index (χ0n) is 9.00. The van der Waals surface area contributed by atoms with Gasteiger partial charge in [-0.1, -0.05) is 18.2 Å². The summed E-state index contributed by atoms with van der Waals surface area (Å²) in [6.45, 7) is 0. The summed E-state index contributed by atoms with van der Waals surface area (Å²) in [6.07, 6.45) is 2.16. The van der Waals surface area contributed by atoms with Gasteiger partial charge in [-0.3, -0.25) is 4.79 Å². The third-order valence-electron chi connectivity index (χ3n) is 2.58. The fourth-order valence-corrected chi connectivity index (χ4v) is 1.74. The van der Waals surface area contributed by atoms with Crippen molar-refractivity contribution in [2.24, 2.45) is 10.8 Å². The molecular weight excluding hydrogens is 218 g/mol. The van der Waals surface area contributed by atoms with Crippen LogP contribution in [0.15, 0.2) is 35.6 Å². The Labute approximate surface area is 97.1 Å². The molecule has 1 aromatic carbocycles. The molecule has 0 saturated carbocycles. The van der Waals surface area contributed by atoms with Crippen LogP contribution in [0.3, 0.4) is 0 Å².